The number of halogens is 1. The maximum absolute atomic E-state index is 12.3. The smallest absolute Gasteiger partial charge is 0.327 e. The summed E-state index contributed by atoms with van der Waals surface area (Å²) in [5.74, 6) is 0. The van der Waals surface area contributed by atoms with Crippen molar-refractivity contribution in [2.45, 2.75) is 39.3 Å². The van der Waals surface area contributed by atoms with E-state index >= 15 is 0 Å². The molecule has 0 fully saturated rings. The summed E-state index contributed by atoms with van der Waals surface area (Å²) in [5.41, 5.74) is 2.62. The van der Waals surface area contributed by atoms with E-state index in [1.54, 1.807) is 10.8 Å². The molecule has 3 aromatic rings. The number of fused-ring (bicyclic) bond motifs is 1. The van der Waals surface area contributed by atoms with E-state index in [9.17, 15) is 4.79 Å². The number of aromatic amines is 1. The number of imidazole rings is 1. The molecule has 1 aromatic carbocycles. The number of H-pyrrole nitrogens is 1. The Kier molecular flexibility index (Phi) is 6.07. The average molecular weight is 373 g/mol. The molecule has 0 aliphatic rings. The summed E-state index contributed by atoms with van der Waals surface area (Å²) in [5, 5.41) is 4.45. The first-order chi connectivity index (χ1) is 12.7. The van der Waals surface area contributed by atoms with Crippen molar-refractivity contribution in [2.75, 3.05) is 0 Å². The van der Waals surface area contributed by atoms with Crippen LogP contribution in [0.2, 0.25) is 5.02 Å². The Labute approximate surface area is 156 Å². The van der Waals surface area contributed by atoms with Crippen LogP contribution in [0.4, 0.5) is 0 Å². The van der Waals surface area contributed by atoms with Crippen LogP contribution < -0.4 is 5.69 Å². The zero-order valence-electron chi connectivity index (χ0n) is 14.6. The zero-order valence-corrected chi connectivity index (χ0v) is 15.4. The maximum atomic E-state index is 12.3. The van der Waals surface area contributed by atoms with Crippen molar-refractivity contribution in [2.24, 2.45) is 5.16 Å². The molecule has 0 radical (unpaired) electrons. The molecule has 0 saturated heterocycles. The van der Waals surface area contributed by atoms with Crippen molar-refractivity contribution in [3.63, 3.8) is 0 Å². The van der Waals surface area contributed by atoms with Crippen LogP contribution in [0.5, 0.6) is 0 Å². The molecule has 0 saturated carbocycles. The lowest BCUT2D eigenvalue weighted by atomic mass is 10.2. The van der Waals surface area contributed by atoms with Crippen LogP contribution in [0.3, 0.4) is 0 Å². The lowest BCUT2D eigenvalue weighted by molar-refractivity contribution is 0.132. The van der Waals surface area contributed by atoms with Crippen LogP contribution >= 0.6 is 11.6 Å². The van der Waals surface area contributed by atoms with Gasteiger partial charge in [0.2, 0.25) is 0 Å². The second-order valence-corrected chi connectivity index (χ2v) is 6.41. The number of nitrogens with zero attached hydrogens (tertiary/aromatic N) is 3. The molecule has 1 N–H and O–H groups in total. The van der Waals surface area contributed by atoms with Crippen molar-refractivity contribution in [3.8, 4) is 0 Å². The van der Waals surface area contributed by atoms with E-state index in [0.29, 0.717) is 34.9 Å². The summed E-state index contributed by atoms with van der Waals surface area (Å²) in [6.07, 6.45) is 6.10. The fourth-order valence-electron chi connectivity index (χ4n) is 2.76. The largest absolute Gasteiger partial charge is 0.391 e. The fourth-order valence-corrected chi connectivity index (χ4v) is 2.95. The molecule has 0 amide bonds. The Bertz CT molecular complexity index is 947. The number of benzene rings is 1. The van der Waals surface area contributed by atoms with Gasteiger partial charge in [0.1, 0.15) is 6.61 Å². The van der Waals surface area contributed by atoms with Gasteiger partial charge in [-0.3, -0.25) is 9.55 Å². The number of rotatable bonds is 8. The lowest BCUT2D eigenvalue weighted by Gasteiger charge is -2.06. The molecule has 0 atom stereocenters. The summed E-state index contributed by atoms with van der Waals surface area (Å²) in [4.78, 5) is 24.6. The van der Waals surface area contributed by atoms with E-state index in [4.69, 9.17) is 16.4 Å². The third-order valence-corrected chi connectivity index (χ3v) is 4.40. The van der Waals surface area contributed by atoms with Gasteiger partial charge in [-0.15, -0.1) is 0 Å². The average Bonchev–Trinajstić information content (AvgIpc) is 2.97. The summed E-state index contributed by atoms with van der Waals surface area (Å²) < 4.78 is 1.67. The standard InChI is InChI=1S/C19H21ClN4O2/c1-2-3-7-10-24-17-15(16(20)12-21-18(17)23-19(24)25)11-22-26-13-14-8-5-4-6-9-14/h4-6,8-9,11-12H,2-3,7,10,13H2,1H3,(H,21,23,25). The van der Waals surface area contributed by atoms with Gasteiger partial charge in [-0.05, 0) is 12.0 Å². The van der Waals surface area contributed by atoms with Gasteiger partial charge < -0.3 is 4.84 Å². The quantitative estimate of drug-likeness (QED) is 0.367. The molecule has 3 rings (SSSR count). The van der Waals surface area contributed by atoms with E-state index in [1.807, 2.05) is 30.3 Å². The van der Waals surface area contributed by atoms with Crippen molar-refractivity contribution < 1.29 is 4.84 Å². The molecule has 0 aliphatic carbocycles. The van der Waals surface area contributed by atoms with Gasteiger partial charge in [-0.2, -0.15) is 0 Å². The number of hydrogen-bond acceptors (Lipinski definition) is 4. The third kappa shape index (κ3) is 4.14. The van der Waals surface area contributed by atoms with Crippen molar-refractivity contribution in [3.05, 3.63) is 63.2 Å². The van der Waals surface area contributed by atoms with E-state index < -0.39 is 0 Å². The van der Waals surface area contributed by atoms with E-state index in [0.717, 1.165) is 24.8 Å². The maximum Gasteiger partial charge on any atom is 0.327 e. The first-order valence-electron chi connectivity index (χ1n) is 8.67. The molecule has 0 spiro atoms. The van der Waals surface area contributed by atoms with E-state index in [-0.39, 0.29) is 5.69 Å². The minimum absolute atomic E-state index is 0.189. The summed E-state index contributed by atoms with van der Waals surface area (Å²) in [6.45, 7) is 3.10. The Morgan fingerprint density at radius 1 is 1.31 bits per heavy atom. The van der Waals surface area contributed by atoms with Gasteiger partial charge in [0, 0.05) is 18.3 Å². The number of hydrogen-bond donors (Lipinski definition) is 1. The van der Waals surface area contributed by atoms with Crippen molar-refractivity contribution in [1.29, 1.82) is 0 Å². The molecule has 26 heavy (non-hydrogen) atoms. The Morgan fingerprint density at radius 3 is 2.88 bits per heavy atom. The third-order valence-electron chi connectivity index (χ3n) is 4.10. The van der Waals surface area contributed by atoms with Gasteiger partial charge in [-0.1, -0.05) is 66.9 Å². The SMILES string of the molecule is CCCCCn1c(=O)[nH]c2ncc(Cl)c(C=NOCc3ccccc3)c21. The van der Waals surface area contributed by atoms with Crippen LogP contribution in [0.1, 0.15) is 37.3 Å². The summed E-state index contributed by atoms with van der Waals surface area (Å²) in [7, 11) is 0. The molecular weight excluding hydrogens is 352 g/mol. The highest BCUT2D eigenvalue weighted by Gasteiger charge is 2.14. The van der Waals surface area contributed by atoms with Gasteiger partial charge in [0.05, 0.1) is 16.8 Å². The van der Waals surface area contributed by atoms with E-state index in [1.165, 1.54) is 6.20 Å². The fraction of sp³-hybridized carbons (Fsp3) is 0.316. The highest BCUT2D eigenvalue weighted by Crippen LogP contribution is 2.21. The van der Waals surface area contributed by atoms with Crippen LogP contribution in [0, 0.1) is 0 Å². The molecule has 2 aromatic heterocycles. The van der Waals surface area contributed by atoms with Gasteiger partial charge >= 0.3 is 5.69 Å². The molecule has 0 unspecified atom stereocenters. The number of aromatic nitrogens is 3. The Hall–Kier alpha value is -2.60. The first-order valence-corrected chi connectivity index (χ1v) is 9.04. The highest BCUT2D eigenvalue weighted by molar-refractivity contribution is 6.34. The van der Waals surface area contributed by atoms with Gasteiger partial charge in [0.25, 0.3) is 0 Å². The summed E-state index contributed by atoms with van der Waals surface area (Å²) >= 11 is 6.30. The monoisotopic (exact) mass is 372 g/mol. The molecule has 6 nitrogen and oxygen atoms in total. The van der Waals surface area contributed by atoms with Gasteiger partial charge in [-0.25, -0.2) is 9.78 Å². The van der Waals surface area contributed by atoms with Crippen LogP contribution in [0.25, 0.3) is 11.2 Å². The zero-order chi connectivity index (χ0) is 18.4. The van der Waals surface area contributed by atoms with Crippen LogP contribution in [-0.2, 0) is 18.0 Å². The van der Waals surface area contributed by atoms with Crippen molar-refractivity contribution in [1.82, 2.24) is 14.5 Å². The number of nitrogens with one attached hydrogen (secondary N) is 1. The topological polar surface area (TPSA) is 72.3 Å². The Balaban J connectivity index is 1.85. The number of aryl methyl sites for hydroxylation is 1. The van der Waals surface area contributed by atoms with E-state index in [2.05, 4.69) is 22.0 Å². The normalized spacial score (nSPS) is 11.5. The summed E-state index contributed by atoms with van der Waals surface area (Å²) in [6, 6.07) is 9.76. The number of unbranched alkanes of at least 4 members (excludes halogenated alkanes) is 2. The van der Waals surface area contributed by atoms with Gasteiger partial charge in [0.15, 0.2) is 5.65 Å². The predicted octanol–water partition coefficient (Wildman–Crippen LogP) is 4.12. The molecular formula is C19H21ClN4O2. The predicted molar refractivity (Wildman–Crippen MR) is 104 cm³/mol. The van der Waals surface area contributed by atoms with Crippen LogP contribution in [0.15, 0.2) is 46.5 Å². The first kappa shape index (κ1) is 18.2. The minimum atomic E-state index is -0.189. The second kappa shape index (κ2) is 8.67. The lowest BCUT2D eigenvalue weighted by Crippen LogP contribution is -2.17. The number of oxime groups is 1. The minimum Gasteiger partial charge on any atom is -0.391 e. The molecule has 7 heteroatoms. The van der Waals surface area contributed by atoms with Crippen molar-refractivity contribution >= 4 is 29.0 Å². The molecule has 0 bridgehead atoms. The molecule has 136 valence electrons. The molecule has 0 aliphatic heterocycles. The Morgan fingerprint density at radius 2 is 2.12 bits per heavy atom. The van der Waals surface area contributed by atoms with Crippen LogP contribution in [-0.4, -0.2) is 20.7 Å². The second-order valence-electron chi connectivity index (χ2n) is 6.00. The highest BCUT2D eigenvalue weighted by atomic mass is 35.5. The number of pyridine rings is 1. The molecule has 2 heterocycles.